The van der Waals surface area contributed by atoms with E-state index in [4.69, 9.17) is 4.74 Å². The molecule has 0 unspecified atom stereocenters. The smallest absolute Gasteiger partial charge is 0.302 e. The number of hydrogen-bond donors (Lipinski definition) is 0. The maximum Gasteiger partial charge on any atom is 0.302 e. The molecule has 1 saturated carbocycles. The van der Waals surface area contributed by atoms with E-state index in [1.165, 1.54) is 38.5 Å². The first-order valence-electron chi connectivity index (χ1n) is 8.66. The maximum absolute atomic E-state index is 11.3. The van der Waals surface area contributed by atoms with Crippen LogP contribution in [0.3, 0.4) is 0 Å². The van der Waals surface area contributed by atoms with Gasteiger partial charge in [-0.3, -0.25) is 4.79 Å². The SMILES string of the molecule is CCC[C@H](C)[C@@H]1CC[C@H](OC(C)=O)[C@H]([C@@H](C)CCC)C1. The summed E-state index contributed by atoms with van der Waals surface area (Å²) in [6, 6.07) is 0. The molecule has 0 N–H and O–H groups in total. The van der Waals surface area contributed by atoms with Gasteiger partial charge in [0.05, 0.1) is 0 Å². The lowest BCUT2D eigenvalue weighted by Gasteiger charge is -2.41. The van der Waals surface area contributed by atoms with E-state index in [0.717, 1.165) is 18.3 Å². The van der Waals surface area contributed by atoms with Gasteiger partial charge in [0, 0.05) is 6.92 Å². The molecule has 0 aliphatic heterocycles. The van der Waals surface area contributed by atoms with Gasteiger partial charge in [-0.15, -0.1) is 0 Å². The number of ether oxygens (including phenoxy) is 1. The van der Waals surface area contributed by atoms with Gasteiger partial charge in [0.2, 0.25) is 0 Å². The van der Waals surface area contributed by atoms with Crippen LogP contribution in [0, 0.1) is 23.7 Å². The fourth-order valence-electron chi connectivity index (χ4n) is 4.05. The Labute approximate surface area is 125 Å². The topological polar surface area (TPSA) is 26.3 Å². The highest BCUT2D eigenvalue weighted by Crippen LogP contribution is 2.41. The van der Waals surface area contributed by atoms with E-state index >= 15 is 0 Å². The molecule has 2 nitrogen and oxygen atoms in total. The summed E-state index contributed by atoms with van der Waals surface area (Å²) in [7, 11) is 0. The first-order chi connectivity index (χ1) is 9.49. The van der Waals surface area contributed by atoms with Crippen LogP contribution in [0.15, 0.2) is 0 Å². The Morgan fingerprint density at radius 2 is 1.70 bits per heavy atom. The van der Waals surface area contributed by atoms with Crippen LogP contribution in [0.2, 0.25) is 0 Å². The Bertz CT molecular complexity index is 287. The summed E-state index contributed by atoms with van der Waals surface area (Å²) < 4.78 is 5.62. The van der Waals surface area contributed by atoms with Crippen molar-refractivity contribution in [1.29, 1.82) is 0 Å². The van der Waals surface area contributed by atoms with Gasteiger partial charge in [-0.05, 0) is 42.9 Å². The summed E-state index contributed by atoms with van der Waals surface area (Å²) in [5.74, 6) is 2.77. The molecule has 0 heterocycles. The second-order valence-electron chi connectivity index (χ2n) is 6.92. The zero-order valence-corrected chi connectivity index (χ0v) is 14.2. The predicted octanol–water partition coefficient (Wildman–Crippen LogP) is 5.21. The van der Waals surface area contributed by atoms with E-state index < -0.39 is 0 Å². The molecule has 20 heavy (non-hydrogen) atoms. The van der Waals surface area contributed by atoms with Gasteiger partial charge in [-0.1, -0.05) is 53.4 Å². The molecule has 0 aromatic carbocycles. The second kappa shape index (κ2) is 8.69. The predicted molar refractivity (Wildman–Crippen MR) is 84.5 cm³/mol. The molecule has 0 aromatic rings. The summed E-state index contributed by atoms with van der Waals surface area (Å²) in [6.45, 7) is 10.8. The summed E-state index contributed by atoms with van der Waals surface area (Å²) in [5, 5.41) is 0. The van der Waals surface area contributed by atoms with E-state index in [1.807, 2.05) is 0 Å². The highest BCUT2D eigenvalue weighted by Gasteiger charge is 2.36. The Morgan fingerprint density at radius 3 is 2.25 bits per heavy atom. The van der Waals surface area contributed by atoms with Crippen molar-refractivity contribution in [2.24, 2.45) is 23.7 Å². The zero-order valence-electron chi connectivity index (χ0n) is 14.2. The van der Waals surface area contributed by atoms with Gasteiger partial charge < -0.3 is 4.74 Å². The van der Waals surface area contributed by atoms with Crippen molar-refractivity contribution in [3.8, 4) is 0 Å². The van der Waals surface area contributed by atoms with Crippen molar-refractivity contribution < 1.29 is 9.53 Å². The van der Waals surface area contributed by atoms with E-state index in [-0.39, 0.29) is 12.1 Å². The van der Waals surface area contributed by atoms with Crippen LogP contribution >= 0.6 is 0 Å². The van der Waals surface area contributed by atoms with E-state index in [1.54, 1.807) is 6.92 Å². The van der Waals surface area contributed by atoms with Crippen LogP contribution in [0.4, 0.5) is 0 Å². The summed E-state index contributed by atoms with van der Waals surface area (Å²) in [6.07, 6.45) is 8.79. The van der Waals surface area contributed by atoms with Gasteiger partial charge in [0.25, 0.3) is 0 Å². The van der Waals surface area contributed by atoms with Crippen molar-refractivity contribution in [2.75, 3.05) is 0 Å². The Balaban J connectivity index is 2.69. The van der Waals surface area contributed by atoms with Crippen LogP contribution < -0.4 is 0 Å². The fraction of sp³-hybridized carbons (Fsp3) is 0.944. The molecular formula is C18H34O2. The van der Waals surface area contributed by atoms with Crippen molar-refractivity contribution in [3.05, 3.63) is 0 Å². The van der Waals surface area contributed by atoms with Gasteiger partial charge in [0.15, 0.2) is 0 Å². The van der Waals surface area contributed by atoms with Gasteiger partial charge >= 0.3 is 5.97 Å². The third kappa shape index (κ3) is 5.10. The Morgan fingerprint density at radius 1 is 1.10 bits per heavy atom. The van der Waals surface area contributed by atoms with E-state index in [2.05, 4.69) is 27.7 Å². The first-order valence-corrected chi connectivity index (χ1v) is 8.66. The number of carbonyl (C=O) groups is 1. The third-order valence-electron chi connectivity index (χ3n) is 5.22. The van der Waals surface area contributed by atoms with E-state index in [0.29, 0.717) is 11.8 Å². The number of carbonyl (C=O) groups excluding carboxylic acids is 1. The normalized spacial score (nSPS) is 29.8. The largest absolute Gasteiger partial charge is 0.462 e. The molecule has 1 aliphatic carbocycles. The monoisotopic (exact) mass is 282 g/mol. The van der Waals surface area contributed by atoms with Crippen molar-refractivity contribution in [1.82, 2.24) is 0 Å². The lowest BCUT2D eigenvalue weighted by molar-refractivity contribution is -0.153. The van der Waals surface area contributed by atoms with Crippen LogP contribution in [0.25, 0.3) is 0 Å². The minimum absolute atomic E-state index is 0.108. The van der Waals surface area contributed by atoms with Crippen LogP contribution in [0.1, 0.15) is 79.6 Å². The molecule has 0 aromatic heterocycles. The average molecular weight is 282 g/mol. The molecule has 0 amide bonds. The van der Waals surface area contributed by atoms with E-state index in [9.17, 15) is 4.79 Å². The molecule has 0 radical (unpaired) electrons. The maximum atomic E-state index is 11.3. The second-order valence-corrected chi connectivity index (χ2v) is 6.92. The van der Waals surface area contributed by atoms with Crippen LogP contribution in [-0.2, 0) is 9.53 Å². The first kappa shape index (κ1) is 17.5. The molecule has 118 valence electrons. The van der Waals surface area contributed by atoms with Crippen molar-refractivity contribution in [2.45, 2.75) is 85.7 Å². The van der Waals surface area contributed by atoms with Gasteiger partial charge in [-0.25, -0.2) is 0 Å². The summed E-state index contributed by atoms with van der Waals surface area (Å²) in [4.78, 5) is 11.3. The highest BCUT2D eigenvalue weighted by atomic mass is 16.5. The lowest BCUT2D eigenvalue weighted by Crippen LogP contribution is -2.38. The zero-order chi connectivity index (χ0) is 15.1. The quantitative estimate of drug-likeness (QED) is 0.599. The van der Waals surface area contributed by atoms with Gasteiger partial charge in [-0.2, -0.15) is 0 Å². The molecule has 2 heteroatoms. The minimum Gasteiger partial charge on any atom is -0.462 e. The third-order valence-corrected chi connectivity index (χ3v) is 5.22. The summed E-state index contributed by atoms with van der Waals surface area (Å²) in [5.41, 5.74) is 0. The van der Waals surface area contributed by atoms with Crippen LogP contribution in [-0.4, -0.2) is 12.1 Å². The number of hydrogen-bond acceptors (Lipinski definition) is 2. The molecule has 5 atom stereocenters. The molecule has 0 saturated heterocycles. The highest BCUT2D eigenvalue weighted by molar-refractivity contribution is 5.66. The Hall–Kier alpha value is -0.530. The summed E-state index contributed by atoms with van der Waals surface area (Å²) >= 11 is 0. The number of esters is 1. The molecule has 0 bridgehead atoms. The standard InChI is InChI=1S/C18H34O2/c1-6-8-13(3)16-10-11-18(20-15(5)19)17(12-16)14(4)9-7-2/h13-14,16-18H,6-12H2,1-5H3/t13-,14-,16+,17-,18-/m0/s1. The fourth-order valence-corrected chi connectivity index (χ4v) is 4.05. The lowest BCUT2D eigenvalue weighted by atomic mass is 9.68. The van der Waals surface area contributed by atoms with Gasteiger partial charge in [0.1, 0.15) is 6.10 Å². The Kier molecular flexibility index (Phi) is 7.61. The van der Waals surface area contributed by atoms with Crippen LogP contribution in [0.5, 0.6) is 0 Å². The molecule has 0 spiro atoms. The minimum atomic E-state index is -0.108. The molecule has 1 aliphatic rings. The van der Waals surface area contributed by atoms with Crippen molar-refractivity contribution in [3.63, 3.8) is 0 Å². The average Bonchev–Trinajstić information content (AvgIpc) is 2.39. The molecule has 1 rings (SSSR count). The molecule has 1 fully saturated rings. The number of rotatable bonds is 7. The van der Waals surface area contributed by atoms with Crippen molar-refractivity contribution >= 4 is 5.97 Å². The molecular weight excluding hydrogens is 248 g/mol.